The number of hydrogen-bond donors (Lipinski definition) is 2. The van der Waals surface area contributed by atoms with E-state index in [-0.39, 0.29) is 11.7 Å². The Kier molecular flexibility index (Phi) is 5.27. The highest BCUT2D eigenvalue weighted by Gasteiger charge is 2.23. The first-order valence-corrected chi connectivity index (χ1v) is 10.9. The number of amides is 1. The molecular weight excluding hydrogens is 366 g/mol. The number of hydrogen-bond acceptors (Lipinski definition) is 6. The monoisotopic (exact) mass is 387 g/mol. The van der Waals surface area contributed by atoms with Gasteiger partial charge in [-0.15, -0.1) is 16.4 Å². The van der Waals surface area contributed by atoms with Gasteiger partial charge in [-0.25, -0.2) is 4.98 Å². The fourth-order valence-corrected chi connectivity index (χ4v) is 5.70. The lowest BCUT2D eigenvalue weighted by Crippen LogP contribution is -2.14. The molecule has 4 rings (SSSR count). The SMILES string of the molecule is N#Cc1c(NC(=O)CSc2n[nH]c(CC3CCCC3)n2)sc2c1CCC2. The van der Waals surface area contributed by atoms with Crippen LogP contribution in [0, 0.1) is 17.2 Å². The molecule has 6 nitrogen and oxygen atoms in total. The van der Waals surface area contributed by atoms with Crippen LogP contribution in [0.4, 0.5) is 5.00 Å². The summed E-state index contributed by atoms with van der Waals surface area (Å²) in [5.41, 5.74) is 1.78. The van der Waals surface area contributed by atoms with E-state index in [1.165, 1.54) is 42.3 Å². The van der Waals surface area contributed by atoms with Gasteiger partial charge in [-0.05, 0) is 30.7 Å². The van der Waals surface area contributed by atoms with Crippen LogP contribution in [0.3, 0.4) is 0 Å². The van der Waals surface area contributed by atoms with Gasteiger partial charge in [0.2, 0.25) is 11.1 Å². The van der Waals surface area contributed by atoms with Crippen molar-refractivity contribution in [3.05, 3.63) is 21.8 Å². The first kappa shape index (κ1) is 17.6. The van der Waals surface area contributed by atoms with Crippen molar-refractivity contribution in [2.75, 3.05) is 11.1 Å². The number of thiophene rings is 1. The van der Waals surface area contributed by atoms with Gasteiger partial charge in [-0.1, -0.05) is 37.4 Å². The Morgan fingerprint density at radius 1 is 1.35 bits per heavy atom. The molecule has 2 N–H and O–H groups in total. The lowest BCUT2D eigenvalue weighted by molar-refractivity contribution is -0.113. The summed E-state index contributed by atoms with van der Waals surface area (Å²) in [5.74, 6) is 1.76. The van der Waals surface area contributed by atoms with Gasteiger partial charge in [-0.2, -0.15) is 5.26 Å². The summed E-state index contributed by atoms with van der Waals surface area (Å²) in [6.45, 7) is 0. The molecule has 2 aromatic heterocycles. The molecule has 0 unspecified atom stereocenters. The van der Waals surface area contributed by atoms with Crippen molar-refractivity contribution < 1.29 is 4.79 Å². The second-order valence-corrected chi connectivity index (χ2v) is 8.98. The maximum absolute atomic E-state index is 12.3. The Morgan fingerprint density at radius 3 is 3.00 bits per heavy atom. The minimum atomic E-state index is -0.117. The number of H-pyrrole nitrogens is 1. The number of carbonyl (C=O) groups is 1. The number of aryl methyl sites for hydroxylation is 1. The maximum Gasteiger partial charge on any atom is 0.235 e. The van der Waals surface area contributed by atoms with Crippen molar-refractivity contribution in [2.45, 2.75) is 56.5 Å². The van der Waals surface area contributed by atoms with Crippen LogP contribution in [0.2, 0.25) is 0 Å². The summed E-state index contributed by atoms with van der Waals surface area (Å²) in [7, 11) is 0. The van der Waals surface area contributed by atoms with E-state index >= 15 is 0 Å². The number of aromatic amines is 1. The van der Waals surface area contributed by atoms with Crippen molar-refractivity contribution in [1.82, 2.24) is 15.2 Å². The van der Waals surface area contributed by atoms with E-state index in [1.807, 2.05) is 0 Å². The smallest absolute Gasteiger partial charge is 0.235 e. The zero-order chi connectivity index (χ0) is 17.9. The number of anilines is 1. The molecule has 1 fully saturated rings. The van der Waals surface area contributed by atoms with Crippen molar-refractivity contribution in [1.29, 1.82) is 5.26 Å². The minimum Gasteiger partial charge on any atom is -0.316 e. The van der Waals surface area contributed by atoms with E-state index < -0.39 is 0 Å². The van der Waals surface area contributed by atoms with Crippen LogP contribution in [0.1, 0.15) is 53.9 Å². The van der Waals surface area contributed by atoms with E-state index in [4.69, 9.17) is 0 Å². The second kappa shape index (κ2) is 7.80. The first-order valence-electron chi connectivity index (χ1n) is 9.11. The molecule has 0 bridgehead atoms. The molecule has 0 radical (unpaired) electrons. The van der Waals surface area contributed by atoms with Gasteiger partial charge in [-0.3, -0.25) is 9.89 Å². The molecule has 1 saturated carbocycles. The number of aromatic nitrogens is 3. The fraction of sp³-hybridized carbons (Fsp3) is 0.556. The van der Waals surface area contributed by atoms with Crippen LogP contribution in [0.15, 0.2) is 5.16 Å². The topological polar surface area (TPSA) is 94.5 Å². The van der Waals surface area contributed by atoms with Crippen LogP contribution in [-0.4, -0.2) is 26.8 Å². The van der Waals surface area contributed by atoms with E-state index in [1.54, 1.807) is 11.3 Å². The first-order chi connectivity index (χ1) is 12.7. The predicted octanol–water partition coefficient (Wildman–Crippen LogP) is 3.69. The molecule has 2 aromatic rings. The molecule has 2 aliphatic carbocycles. The van der Waals surface area contributed by atoms with Crippen LogP contribution in [0.25, 0.3) is 0 Å². The summed E-state index contributed by atoms with van der Waals surface area (Å²) < 4.78 is 0. The van der Waals surface area contributed by atoms with Gasteiger partial charge >= 0.3 is 0 Å². The maximum atomic E-state index is 12.3. The second-order valence-electron chi connectivity index (χ2n) is 6.93. The highest BCUT2D eigenvalue weighted by Crippen LogP contribution is 2.38. The normalized spacial score (nSPS) is 16.6. The van der Waals surface area contributed by atoms with Gasteiger partial charge in [0.05, 0.1) is 11.3 Å². The number of nitrogens with one attached hydrogen (secondary N) is 2. The van der Waals surface area contributed by atoms with Gasteiger partial charge in [0.1, 0.15) is 16.9 Å². The van der Waals surface area contributed by atoms with Crippen LogP contribution in [0.5, 0.6) is 0 Å². The number of rotatable bonds is 6. The third-order valence-corrected chi connectivity index (χ3v) is 7.14. The van der Waals surface area contributed by atoms with Gasteiger partial charge in [0.15, 0.2) is 0 Å². The van der Waals surface area contributed by atoms with E-state index in [0.29, 0.717) is 21.6 Å². The fourth-order valence-electron chi connectivity index (χ4n) is 3.82. The number of thioether (sulfide) groups is 1. The van der Waals surface area contributed by atoms with Crippen LogP contribution in [-0.2, 0) is 24.1 Å². The number of fused-ring (bicyclic) bond motifs is 1. The highest BCUT2D eigenvalue weighted by molar-refractivity contribution is 7.99. The molecule has 1 amide bonds. The van der Waals surface area contributed by atoms with Crippen LogP contribution < -0.4 is 5.32 Å². The number of nitrogens with zero attached hydrogens (tertiary/aromatic N) is 3. The predicted molar refractivity (Wildman–Crippen MR) is 102 cm³/mol. The van der Waals surface area contributed by atoms with Crippen LogP contribution >= 0.6 is 23.1 Å². The average molecular weight is 388 g/mol. The van der Waals surface area contributed by atoms with Crippen molar-refractivity contribution in [3.63, 3.8) is 0 Å². The zero-order valence-electron chi connectivity index (χ0n) is 14.5. The van der Waals surface area contributed by atoms with Crippen molar-refractivity contribution >= 4 is 34.0 Å². The molecule has 0 saturated heterocycles. The molecule has 0 aliphatic heterocycles. The van der Waals surface area contributed by atoms with Gasteiger partial charge in [0.25, 0.3) is 0 Å². The largest absolute Gasteiger partial charge is 0.316 e. The molecule has 8 heteroatoms. The molecular formula is C18H21N5OS2. The van der Waals surface area contributed by atoms with E-state index in [0.717, 1.165) is 37.1 Å². The Bertz CT molecular complexity index is 844. The summed E-state index contributed by atoms with van der Waals surface area (Å²) >= 11 is 2.87. The van der Waals surface area contributed by atoms with Gasteiger partial charge < -0.3 is 5.32 Å². The molecule has 2 aliphatic rings. The Morgan fingerprint density at radius 2 is 2.19 bits per heavy atom. The Balaban J connectivity index is 1.31. The van der Waals surface area contributed by atoms with E-state index in [9.17, 15) is 10.1 Å². The highest BCUT2D eigenvalue weighted by atomic mass is 32.2. The lowest BCUT2D eigenvalue weighted by atomic mass is 10.0. The number of carbonyl (C=O) groups excluding carboxylic acids is 1. The van der Waals surface area contributed by atoms with Gasteiger partial charge in [0, 0.05) is 11.3 Å². The zero-order valence-corrected chi connectivity index (χ0v) is 16.1. The molecule has 26 heavy (non-hydrogen) atoms. The summed E-state index contributed by atoms with van der Waals surface area (Å²) in [6, 6.07) is 2.25. The third kappa shape index (κ3) is 3.79. The van der Waals surface area contributed by atoms with Crippen molar-refractivity contribution in [3.8, 4) is 6.07 Å². The quantitative estimate of drug-likeness (QED) is 0.737. The molecule has 2 heterocycles. The Labute approximate surface area is 160 Å². The Hall–Kier alpha value is -1.85. The average Bonchev–Trinajstić information content (AvgIpc) is 3.38. The minimum absolute atomic E-state index is 0.117. The van der Waals surface area contributed by atoms with E-state index in [2.05, 4.69) is 26.6 Å². The molecule has 136 valence electrons. The summed E-state index contributed by atoms with van der Waals surface area (Å²) in [5, 5.41) is 20.8. The molecule has 0 spiro atoms. The summed E-state index contributed by atoms with van der Waals surface area (Å²) in [4.78, 5) is 18.0. The lowest BCUT2D eigenvalue weighted by Gasteiger charge is -2.04. The standard InChI is InChI=1S/C18H21N5OS2/c19-9-13-12-6-3-7-14(12)26-17(13)21-16(24)10-25-18-20-15(22-23-18)8-11-4-1-2-5-11/h11H,1-8,10H2,(H,21,24)(H,20,22,23). The summed E-state index contributed by atoms with van der Waals surface area (Å²) in [6.07, 6.45) is 9.20. The third-order valence-electron chi connectivity index (χ3n) is 5.09. The number of nitriles is 1. The van der Waals surface area contributed by atoms with Crippen molar-refractivity contribution in [2.24, 2.45) is 5.92 Å². The molecule has 0 aromatic carbocycles. The molecule has 0 atom stereocenters.